The molecular weight excluding hydrogens is 248 g/mol. The van der Waals surface area contributed by atoms with Crippen molar-refractivity contribution in [1.82, 2.24) is 0 Å². The van der Waals surface area contributed by atoms with E-state index in [9.17, 15) is 14.4 Å². The molecule has 0 aromatic carbocycles. The molecule has 0 amide bonds. The molecule has 8 nitrogen and oxygen atoms in total. The molecule has 0 saturated heterocycles. The van der Waals surface area contributed by atoms with E-state index in [1.165, 1.54) is 13.8 Å². The van der Waals surface area contributed by atoms with Gasteiger partial charge in [0, 0.05) is 13.8 Å². The fourth-order valence-electron chi connectivity index (χ4n) is 0.823. The molecule has 0 saturated carbocycles. The Labute approximate surface area is 102 Å². The molecule has 4 N–H and O–H groups in total. The first-order valence-corrected chi connectivity index (χ1v) is 4.85. The van der Waals surface area contributed by atoms with Crippen molar-refractivity contribution in [2.24, 2.45) is 0 Å². The molecule has 0 bridgehead atoms. The van der Waals surface area contributed by atoms with Crippen molar-refractivity contribution in [1.29, 1.82) is 0 Å². The second-order valence-electron chi connectivity index (χ2n) is 3.42. The summed E-state index contributed by atoms with van der Waals surface area (Å²) in [7, 11) is 0. The number of esters is 1. The van der Waals surface area contributed by atoms with Gasteiger partial charge in [0.25, 0.3) is 0 Å². The van der Waals surface area contributed by atoms with Gasteiger partial charge in [-0.05, 0) is 0 Å². The Balaban J connectivity index is 0.000000411. The van der Waals surface area contributed by atoms with E-state index in [0.29, 0.717) is 0 Å². The van der Waals surface area contributed by atoms with Crippen LogP contribution in [-0.4, -0.2) is 56.8 Å². The molecule has 0 radical (unpaired) electrons. The Morgan fingerprint density at radius 3 is 1.94 bits per heavy atom. The van der Waals surface area contributed by atoms with Crippen LogP contribution in [0.3, 0.4) is 0 Å². The van der Waals surface area contributed by atoms with Crippen molar-refractivity contribution in [2.45, 2.75) is 26.1 Å². The molecule has 0 aliphatic carbocycles. The summed E-state index contributed by atoms with van der Waals surface area (Å²) < 4.78 is 4.32. The topological polar surface area (TPSA) is 141 Å². The van der Waals surface area contributed by atoms with E-state index in [4.69, 9.17) is 20.4 Å². The van der Waals surface area contributed by atoms with Crippen LogP contribution in [0, 0.1) is 0 Å². The Hall–Kier alpha value is -1.93. The molecule has 1 aliphatic heterocycles. The van der Waals surface area contributed by atoms with Crippen LogP contribution in [0.25, 0.3) is 0 Å². The summed E-state index contributed by atoms with van der Waals surface area (Å²) >= 11 is 0. The number of carbonyl (C=O) groups excluding carboxylic acids is 3. The fourth-order valence-corrected chi connectivity index (χ4v) is 0.823. The molecule has 1 heterocycles. The lowest BCUT2D eigenvalue weighted by Gasteiger charge is -2.13. The first-order chi connectivity index (χ1) is 8.22. The van der Waals surface area contributed by atoms with Crippen LogP contribution in [0.15, 0.2) is 11.5 Å². The predicted octanol–water partition coefficient (Wildman–Crippen LogP) is -1.24. The first-order valence-electron chi connectivity index (χ1n) is 4.85. The third kappa shape index (κ3) is 4.15. The third-order valence-corrected chi connectivity index (χ3v) is 1.97. The van der Waals surface area contributed by atoms with E-state index in [0.717, 1.165) is 0 Å². The summed E-state index contributed by atoms with van der Waals surface area (Å²) in [5, 5.41) is 35.0. The van der Waals surface area contributed by atoms with Crippen LogP contribution in [-0.2, 0) is 19.1 Å². The summed E-state index contributed by atoms with van der Waals surface area (Å²) in [4.78, 5) is 30.1. The van der Waals surface area contributed by atoms with Gasteiger partial charge in [0.1, 0.15) is 6.10 Å². The smallest absolute Gasteiger partial charge is 0.377 e. The van der Waals surface area contributed by atoms with Gasteiger partial charge in [-0.2, -0.15) is 0 Å². The van der Waals surface area contributed by atoms with E-state index >= 15 is 0 Å². The number of ether oxygens (including phenoxy) is 1. The van der Waals surface area contributed by atoms with Gasteiger partial charge < -0.3 is 25.2 Å². The average molecular weight is 262 g/mol. The number of aliphatic hydroxyl groups is 4. The predicted molar refractivity (Wildman–Crippen MR) is 56.6 cm³/mol. The van der Waals surface area contributed by atoms with E-state index in [1.807, 2.05) is 0 Å². The monoisotopic (exact) mass is 262 g/mol. The summed E-state index contributed by atoms with van der Waals surface area (Å²) in [5.74, 6) is -3.54. The van der Waals surface area contributed by atoms with Gasteiger partial charge in [0.05, 0.1) is 6.61 Å². The zero-order valence-electron chi connectivity index (χ0n) is 9.78. The quantitative estimate of drug-likeness (QED) is 0.365. The van der Waals surface area contributed by atoms with Gasteiger partial charge in [-0.15, -0.1) is 0 Å². The second kappa shape index (κ2) is 6.72. The maximum Gasteiger partial charge on any atom is 0.377 e. The SMILES string of the molecule is CC(=O)C(C)=O.O=C1O[C@H]([C@@H](O)CO)C(O)=C1O. The normalized spacial score (nSPS) is 19.8. The van der Waals surface area contributed by atoms with Crippen LogP contribution in [0.1, 0.15) is 13.8 Å². The first kappa shape index (κ1) is 16.1. The number of hydrogen-bond donors (Lipinski definition) is 4. The van der Waals surface area contributed by atoms with Crippen LogP contribution >= 0.6 is 0 Å². The Bertz CT molecular complexity index is 371. The minimum atomic E-state index is -1.42. The number of carbonyl (C=O) groups is 3. The van der Waals surface area contributed by atoms with Crippen LogP contribution < -0.4 is 0 Å². The van der Waals surface area contributed by atoms with Gasteiger partial charge in [-0.25, -0.2) is 4.79 Å². The summed E-state index contributed by atoms with van der Waals surface area (Å²) in [5.41, 5.74) is 0. The van der Waals surface area contributed by atoms with Crippen LogP contribution in [0.5, 0.6) is 0 Å². The molecule has 0 unspecified atom stereocenters. The van der Waals surface area contributed by atoms with Crippen molar-refractivity contribution in [3.63, 3.8) is 0 Å². The molecule has 2 atom stereocenters. The molecule has 0 spiro atoms. The van der Waals surface area contributed by atoms with Gasteiger partial charge >= 0.3 is 5.97 Å². The zero-order valence-corrected chi connectivity index (χ0v) is 9.78. The summed E-state index contributed by atoms with van der Waals surface area (Å²) in [6.45, 7) is 1.83. The minimum absolute atomic E-state index is 0.380. The van der Waals surface area contributed by atoms with Crippen molar-refractivity contribution < 1.29 is 39.5 Å². The minimum Gasteiger partial charge on any atom is -0.505 e. The van der Waals surface area contributed by atoms with Crippen molar-refractivity contribution >= 4 is 17.5 Å². The molecule has 0 aromatic rings. The summed E-state index contributed by atoms with van der Waals surface area (Å²) in [6.07, 6.45) is -2.78. The van der Waals surface area contributed by atoms with E-state index < -0.39 is 36.3 Å². The molecule has 1 aliphatic rings. The number of hydrogen-bond acceptors (Lipinski definition) is 8. The number of ketones is 2. The van der Waals surface area contributed by atoms with E-state index in [2.05, 4.69) is 4.74 Å². The average Bonchev–Trinajstić information content (AvgIpc) is 2.56. The zero-order chi connectivity index (χ0) is 14.5. The van der Waals surface area contributed by atoms with E-state index in [1.54, 1.807) is 0 Å². The lowest BCUT2D eigenvalue weighted by molar-refractivity contribution is -0.147. The van der Waals surface area contributed by atoms with Gasteiger partial charge in [0.15, 0.2) is 23.4 Å². The van der Waals surface area contributed by atoms with Gasteiger partial charge in [-0.3, -0.25) is 9.59 Å². The summed E-state index contributed by atoms with van der Waals surface area (Å²) in [6, 6.07) is 0. The highest BCUT2D eigenvalue weighted by molar-refractivity contribution is 6.35. The molecule has 0 aromatic heterocycles. The molecule has 18 heavy (non-hydrogen) atoms. The maximum absolute atomic E-state index is 10.5. The number of aliphatic hydroxyl groups excluding tert-OH is 4. The van der Waals surface area contributed by atoms with Crippen LogP contribution in [0.4, 0.5) is 0 Å². The molecule has 102 valence electrons. The number of cyclic esters (lactones) is 1. The lowest BCUT2D eigenvalue weighted by Crippen LogP contribution is -2.31. The molecule has 1 rings (SSSR count). The lowest BCUT2D eigenvalue weighted by atomic mass is 10.2. The number of rotatable bonds is 3. The Morgan fingerprint density at radius 1 is 1.28 bits per heavy atom. The number of Topliss-reactive ketones (excluding diaryl/α,β-unsaturated/α-hetero) is 2. The highest BCUT2D eigenvalue weighted by Crippen LogP contribution is 2.20. The van der Waals surface area contributed by atoms with Crippen LogP contribution in [0.2, 0.25) is 0 Å². The Morgan fingerprint density at radius 2 is 1.72 bits per heavy atom. The standard InChI is InChI=1S/C6H8O6.C4H6O2/c7-1-2(8)5-3(9)4(10)6(11)12-5;1-3(5)4(2)6/h2,5,7-10H,1H2;1-2H3/t2-,5+;/m0./s1. The van der Waals surface area contributed by atoms with Gasteiger partial charge in [0.2, 0.25) is 5.76 Å². The Kier molecular flexibility index (Phi) is 6.00. The van der Waals surface area contributed by atoms with E-state index in [-0.39, 0.29) is 11.6 Å². The van der Waals surface area contributed by atoms with Crippen molar-refractivity contribution in [2.75, 3.05) is 6.61 Å². The molecular formula is C10H14O8. The maximum atomic E-state index is 10.5. The third-order valence-electron chi connectivity index (χ3n) is 1.97. The largest absolute Gasteiger partial charge is 0.505 e. The fraction of sp³-hybridized carbons (Fsp3) is 0.500. The molecule has 8 heteroatoms. The van der Waals surface area contributed by atoms with Crippen molar-refractivity contribution in [3.05, 3.63) is 11.5 Å². The van der Waals surface area contributed by atoms with Gasteiger partial charge in [-0.1, -0.05) is 0 Å². The second-order valence-corrected chi connectivity index (χ2v) is 3.42. The van der Waals surface area contributed by atoms with Crippen molar-refractivity contribution in [3.8, 4) is 0 Å². The highest BCUT2D eigenvalue weighted by atomic mass is 16.6. The molecule has 0 fully saturated rings. The highest BCUT2D eigenvalue weighted by Gasteiger charge is 2.38.